The van der Waals surface area contributed by atoms with E-state index in [0.717, 1.165) is 5.56 Å². The maximum atomic E-state index is 11.8. The van der Waals surface area contributed by atoms with Gasteiger partial charge in [0, 0.05) is 19.2 Å². The zero-order valence-electron chi connectivity index (χ0n) is 12.2. The van der Waals surface area contributed by atoms with Crippen LogP contribution in [0.15, 0.2) is 24.3 Å². The molecule has 0 spiro atoms. The van der Waals surface area contributed by atoms with Gasteiger partial charge in [-0.3, -0.25) is 4.79 Å². The SMILES string of the molecule is COCCNC(=O)c1ccc(COC(C)(C)C)cc1. The van der Waals surface area contributed by atoms with E-state index in [4.69, 9.17) is 9.47 Å². The molecule has 0 aliphatic rings. The number of methoxy groups -OCH3 is 1. The van der Waals surface area contributed by atoms with Gasteiger partial charge in [-0.05, 0) is 38.5 Å². The normalized spacial score (nSPS) is 11.4. The molecule has 0 unspecified atom stereocenters. The molecule has 1 rings (SSSR count). The highest BCUT2D eigenvalue weighted by Crippen LogP contribution is 2.12. The monoisotopic (exact) mass is 265 g/mol. The third kappa shape index (κ3) is 6.36. The van der Waals surface area contributed by atoms with Gasteiger partial charge in [0.1, 0.15) is 0 Å². The van der Waals surface area contributed by atoms with Gasteiger partial charge in [0.05, 0.1) is 18.8 Å². The van der Waals surface area contributed by atoms with Crippen molar-refractivity contribution >= 4 is 5.91 Å². The van der Waals surface area contributed by atoms with Gasteiger partial charge in [-0.2, -0.15) is 0 Å². The number of rotatable bonds is 6. The van der Waals surface area contributed by atoms with E-state index in [1.54, 1.807) is 7.11 Å². The third-order valence-electron chi connectivity index (χ3n) is 2.48. The Hall–Kier alpha value is -1.39. The lowest BCUT2D eigenvalue weighted by molar-refractivity contribution is -0.0149. The molecule has 4 heteroatoms. The highest BCUT2D eigenvalue weighted by atomic mass is 16.5. The Morgan fingerprint density at radius 2 is 1.84 bits per heavy atom. The van der Waals surface area contributed by atoms with Crippen LogP contribution < -0.4 is 5.32 Å². The standard InChI is InChI=1S/C15H23NO3/c1-15(2,3)19-11-12-5-7-13(8-6-12)14(17)16-9-10-18-4/h5-8H,9-11H2,1-4H3,(H,16,17). The Labute approximate surface area is 115 Å². The molecule has 1 N–H and O–H groups in total. The smallest absolute Gasteiger partial charge is 0.251 e. The van der Waals surface area contributed by atoms with Gasteiger partial charge in [-0.1, -0.05) is 12.1 Å². The van der Waals surface area contributed by atoms with Crippen molar-refractivity contribution in [3.05, 3.63) is 35.4 Å². The molecule has 0 bridgehead atoms. The van der Waals surface area contributed by atoms with Gasteiger partial charge in [0.15, 0.2) is 0 Å². The van der Waals surface area contributed by atoms with Crippen LogP contribution >= 0.6 is 0 Å². The van der Waals surface area contributed by atoms with E-state index >= 15 is 0 Å². The summed E-state index contributed by atoms with van der Waals surface area (Å²) in [5.74, 6) is -0.0830. The fourth-order valence-corrected chi connectivity index (χ4v) is 1.42. The van der Waals surface area contributed by atoms with Gasteiger partial charge in [0.25, 0.3) is 5.91 Å². The molecule has 0 saturated heterocycles. The minimum Gasteiger partial charge on any atom is -0.383 e. The molecule has 1 amide bonds. The zero-order valence-corrected chi connectivity index (χ0v) is 12.2. The van der Waals surface area contributed by atoms with E-state index < -0.39 is 0 Å². The lowest BCUT2D eigenvalue weighted by atomic mass is 10.1. The summed E-state index contributed by atoms with van der Waals surface area (Å²) >= 11 is 0. The first-order chi connectivity index (χ1) is 8.92. The second-order valence-corrected chi connectivity index (χ2v) is 5.35. The lowest BCUT2D eigenvalue weighted by Crippen LogP contribution is -2.26. The fourth-order valence-electron chi connectivity index (χ4n) is 1.42. The summed E-state index contributed by atoms with van der Waals surface area (Å²) < 4.78 is 10.6. The first-order valence-corrected chi connectivity index (χ1v) is 6.42. The Morgan fingerprint density at radius 1 is 1.21 bits per heavy atom. The van der Waals surface area contributed by atoms with Crippen LogP contribution in [0.5, 0.6) is 0 Å². The number of carbonyl (C=O) groups excluding carboxylic acids is 1. The van der Waals surface area contributed by atoms with Crippen molar-refractivity contribution in [2.75, 3.05) is 20.3 Å². The molecule has 0 heterocycles. The number of nitrogens with one attached hydrogen (secondary N) is 1. The van der Waals surface area contributed by atoms with Crippen LogP contribution in [0.4, 0.5) is 0 Å². The minimum absolute atomic E-state index is 0.0830. The molecule has 0 radical (unpaired) electrons. The summed E-state index contributed by atoms with van der Waals surface area (Å²) in [5.41, 5.74) is 1.55. The first kappa shape index (κ1) is 15.7. The first-order valence-electron chi connectivity index (χ1n) is 6.42. The van der Waals surface area contributed by atoms with Crippen molar-refractivity contribution in [2.24, 2.45) is 0 Å². The second kappa shape index (κ2) is 7.26. The Kier molecular flexibility index (Phi) is 5.99. The van der Waals surface area contributed by atoms with E-state index in [-0.39, 0.29) is 11.5 Å². The van der Waals surface area contributed by atoms with Crippen LogP contribution in [-0.4, -0.2) is 31.8 Å². The van der Waals surface area contributed by atoms with Crippen LogP contribution in [0.1, 0.15) is 36.7 Å². The molecule has 0 aromatic heterocycles. The van der Waals surface area contributed by atoms with Crippen LogP contribution in [0.2, 0.25) is 0 Å². The van der Waals surface area contributed by atoms with Gasteiger partial charge in [0.2, 0.25) is 0 Å². The van der Waals surface area contributed by atoms with Gasteiger partial charge in [-0.15, -0.1) is 0 Å². The van der Waals surface area contributed by atoms with Crippen molar-refractivity contribution in [1.82, 2.24) is 5.32 Å². The summed E-state index contributed by atoms with van der Waals surface area (Å²) in [6, 6.07) is 7.45. The zero-order chi connectivity index (χ0) is 14.3. The molecule has 0 fully saturated rings. The van der Waals surface area contributed by atoms with Crippen molar-refractivity contribution in [3.8, 4) is 0 Å². The highest BCUT2D eigenvalue weighted by Gasteiger charge is 2.10. The van der Waals surface area contributed by atoms with Crippen molar-refractivity contribution in [1.29, 1.82) is 0 Å². The average Bonchev–Trinajstić information content (AvgIpc) is 2.36. The summed E-state index contributed by atoms with van der Waals surface area (Å²) in [6.07, 6.45) is 0. The van der Waals surface area contributed by atoms with Crippen LogP contribution in [-0.2, 0) is 16.1 Å². The Bertz CT molecular complexity index is 393. The number of amides is 1. The number of ether oxygens (including phenoxy) is 2. The third-order valence-corrected chi connectivity index (χ3v) is 2.48. The Morgan fingerprint density at radius 3 is 2.37 bits per heavy atom. The molecule has 4 nitrogen and oxygen atoms in total. The average molecular weight is 265 g/mol. The highest BCUT2D eigenvalue weighted by molar-refractivity contribution is 5.94. The molecule has 0 aliphatic carbocycles. The van der Waals surface area contributed by atoms with Crippen LogP contribution in [0.25, 0.3) is 0 Å². The minimum atomic E-state index is -0.157. The summed E-state index contributed by atoms with van der Waals surface area (Å²) in [7, 11) is 1.61. The number of hydrogen-bond donors (Lipinski definition) is 1. The topological polar surface area (TPSA) is 47.6 Å². The van der Waals surface area contributed by atoms with E-state index in [9.17, 15) is 4.79 Å². The quantitative estimate of drug-likeness (QED) is 0.803. The molecule has 0 saturated carbocycles. The van der Waals surface area contributed by atoms with Crippen LogP contribution in [0, 0.1) is 0 Å². The molecule has 0 aliphatic heterocycles. The number of carbonyl (C=O) groups is 1. The second-order valence-electron chi connectivity index (χ2n) is 5.35. The molecule has 0 atom stereocenters. The summed E-state index contributed by atoms with van der Waals surface area (Å²) in [5, 5.41) is 2.78. The van der Waals surface area contributed by atoms with Crippen molar-refractivity contribution in [3.63, 3.8) is 0 Å². The molecule has 106 valence electrons. The van der Waals surface area contributed by atoms with Crippen molar-refractivity contribution < 1.29 is 14.3 Å². The molecular weight excluding hydrogens is 242 g/mol. The van der Waals surface area contributed by atoms with Gasteiger partial charge in [-0.25, -0.2) is 0 Å². The summed E-state index contributed by atoms with van der Waals surface area (Å²) in [6.45, 7) is 7.64. The van der Waals surface area contributed by atoms with Gasteiger partial charge < -0.3 is 14.8 Å². The van der Waals surface area contributed by atoms with Crippen molar-refractivity contribution in [2.45, 2.75) is 33.0 Å². The maximum absolute atomic E-state index is 11.8. The molecule has 19 heavy (non-hydrogen) atoms. The summed E-state index contributed by atoms with van der Waals surface area (Å²) in [4.78, 5) is 11.8. The number of benzene rings is 1. The van der Waals surface area contributed by atoms with Crippen LogP contribution in [0.3, 0.4) is 0 Å². The Balaban J connectivity index is 2.49. The van der Waals surface area contributed by atoms with E-state index in [2.05, 4.69) is 5.32 Å². The predicted molar refractivity (Wildman–Crippen MR) is 75.2 cm³/mol. The van der Waals surface area contributed by atoms with E-state index in [1.165, 1.54) is 0 Å². The van der Waals surface area contributed by atoms with E-state index in [0.29, 0.717) is 25.3 Å². The largest absolute Gasteiger partial charge is 0.383 e. The lowest BCUT2D eigenvalue weighted by Gasteiger charge is -2.19. The number of hydrogen-bond acceptors (Lipinski definition) is 3. The van der Waals surface area contributed by atoms with E-state index in [1.807, 2.05) is 45.0 Å². The molecule has 1 aromatic rings. The predicted octanol–water partition coefficient (Wildman–Crippen LogP) is 2.38. The van der Waals surface area contributed by atoms with Gasteiger partial charge >= 0.3 is 0 Å². The maximum Gasteiger partial charge on any atom is 0.251 e. The molecule has 1 aromatic carbocycles. The fraction of sp³-hybridized carbons (Fsp3) is 0.533. The molecular formula is C15H23NO3.